The number of aromatic nitrogens is 1. The first kappa shape index (κ1) is 12.2. The van der Waals surface area contributed by atoms with Crippen molar-refractivity contribution in [3.63, 3.8) is 0 Å². The minimum atomic E-state index is 0.879. The lowest BCUT2D eigenvalue weighted by molar-refractivity contribution is 1.20. The normalized spacial score (nSPS) is 11.1. The molecule has 0 atom stereocenters. The molecular weight excluding hydrogens is 196 g/mol. The van der Waals surface area contributed by atoms with Gasteiger partial charge in [-0.3, -0.25) is 4.98 Å². The maximum absolute atomic E-state index is 5.26. The lowest BCUT2D eigenvalue weighted by Crippen LogP contribution is -1.89. The van der Waals surface area contributed by atoms with E-state index in [1.165, 1.54) is 17.3 Å². The highest BCUT2D eigenvalue weighted by atomic mass is 14.7. The SMILES string of the molecule is CC(C)=C(C/C=C\C=C/N)c1ccccn1. The van der Waals surface area contributed by atoms with E-state index >= 15 is 0 Å². The van der Waals surface area contributed by atoms with Crippen LogP contribution in [0.3, 0.4) is 0 Å². The fourth-order valence-corrected chi connectivity index (χ4v) is 1.43. The van der Waals surface area contributed by atoms with Crippen LogP contribution in [0.15, 0.2) is 54.4 Å². The molecular formula is C14H18N2. The minimum Gasteiger partial charge on any atom is -0.405 e. The van der Waals surface area contributed by atoms with Crippen LogP contribution in [0.2, 0.25) is 0 Å². The number of allylic oxidation sites excluding steroid dienone is 5. The monoisotopic (exact) mass is 214 g/mol. The van der Waals surface area contributed by atoms with Crippen molar-refractivity contribution in [3.05, 3.63) is 60.1 Å². The molecule has 0 aromatic carbocycles. The van der Waals surface area contributed by atoms with Crippen LogP contribution < -0.4 is 5.73 Å². The van der Waals surface area contributed by atoms with Gasteiger partial charge in [-0.15, -0.1) is 0 Å². The molecule has 1 aromatic rings. The predicted molar refractivity (Wildman–Crippen MR) is 69.6 cm³/mol. The molecule has 1 aromatic heterocycles. The molecule has 84 valence electrons. The van der Waals surface area contributed by atoms with E-state index in [0.717, 1.165) is 12.1 Å². The lowest BCUT2D eigenvalue weighted by atomic mass is 10.0. The average Bonchev–Trinajstić information content (AvgIpc) is 2.30. The molecule has 0 saturated carbocycles. The maximum atomic E-state index is 5.26. The standard InChI is InChI=1S/C14H18N2/c1-12(2)13(8-4-3-6-10-15)14-9-5-7-11-16-14/h3-7,9-11H,8,15H2,1-2H3/b4-3-,10-6-. The van der Waals surface area contributed by atoms with Crippen molar-refractivity contribution >= 4 is 5.57 Å². The molecule has 0 bridgehead atoms. The first-order chi connectivity index (χ1) is 7.75. The van der Waals surface area contributed by atoms with Crippen molar-refractivity contribution in [2.24, 2.45) is 5.73 Å². The molecule has 0 amide bonds. The fourth-order valence-electron chi connectivity index (χ4n) is 1.43. The fraction of sp³-hybridized carbons (Fsp3) is 0.214. The second-order valence-electron chi connectivity index (χ2n) is 3.71. The Hall–Kier alpha value is -1.83. The Kier molecular flexibility index (Phi) is 5.06. The molecule has 16 heavy (non-hydrogen) atoms. The third-order valence-corrected chi connectivity index (χ3v) is 2.26. The summed E-state index contributed by atoms with van der Waals surface area (Å²) in [6.07, 6.45) is 10.1. The second-order valence-corrected chi connectivity index (χ2v) is 3.71. The largest absolute Gasteiger partial charge is 0.405 e. The van der Waals surface area contributed by atoms with E-state index in [9.17, 15) is 0 Å². The Morgan fingerprint density at radius 3 is 2.69 bits per heavy atom. The van der Waals surface area contributed by atoms with Crippen LogP contribution in [0.4, 0.5) is 0 Å². The molecule has 0 unspecified atom stereocenters. The van der Waals surface area contributed by atoms with Gasteiger partial charge >= 0.3 is 0 Å². The van der Waals surface area contributed by atoms with Crippen molar-refractivity contribution in [3.8, 4) is 0 Å². The summed E-state index contributed by atoms with van der Waals surface area (Å²) in [5, 5.41) is 0. The van der Waals surface area contributed by atoms with E-state index in [1.54, 1.807) is 0 Å². The van der Waals surface area contributed by atoms with Crippen molar-refractivity contribution in [2.75, 3.05) is 0 Å². The second kappa shape index (κ2) is 6.62. The third-order valence-electron chi connectivity index (χ3n) is 2.26. The van der Waals surface area contributed by atoms with Gasteiger partial charge in [0, 0.05) is 6.20 Å². The number of hydrogen-bond acceptors (Lipinski definition) is 2. The number of nitrogens with two attached hydrogens (primary N) is 1. The predicted octanol–water partition coefficient (Wildman–Crippen LogP) is 3.29. The van der Waals surface area contributed by atoms with Crippen molar-refractivity contribution < 1.29 is 0 Å². The Bertz CT molecular complexity index is 396. The Labute approximate surface area is 97.2 Å². The summed E-state index contributed by atoms with van der Waals surface area (Å²) in [4.78, 5) is 4.36. The molecule has 0 aliphatic heterocycles. The molecule has 0 saturated heterocycles. The van der Waals surface area contributed by atoms with Gasteiger partial charge in [-0.25, -0.2) is 0 Å². The molecule has 2 heteroatoms. The van der Waals surface area contributed by atoms with Gasteiger partial charge in [0.1, 0.15) is 0 Å². The average molecular weight is 214 g/mol. The summed E-state index contributed by atoms with van der Waals surface area (Å²) < 4.78 is 0. The smallest absolute Gasteiger partial charge is 0.0664 e. The van der Waals surface area contributed by atoms with Gasteiger partial charge in [0.15, 0.2) is 0 Å². The van der Waals surface area contributed by atoms with Crippen molar-refractivity contribution in [1.29, 1.82) is 0 Å². The number of rotatable bonds is 4. The number of pyridine rings is 1. The van der Waals surface area contributed by atoms with Gasteiger partial charge < -0.3 is 5.73 Å². The number of hydrogen-bond donors (Lipinski definition) is 1. The summed E-state index contributed by atoms with van der Waals surface area (Å²) in [5.74, 6) is 0. The van der Waals surface area contributed by atoms with Crippen molar-refractivity contribution in [2.45, 2.75) is 20.3 Å². The van der Waals surface area contributed by atoms with E-state index in [-0.39, 0.29) is 0 Å². The van der Waals surface area contributed by atoms with Crippen LogP contribution in [-0.4, -0.2) is 4.98 Å². The zero-order valence-corrected chi connectivity index (χ0v) is 9.85. The summed E-state index contributed by atoms with van der Waals surface area (Å²) in [6.45, 7) is 4.22. The molecule has 1 heterocycles. The van der Waals surface area contributed by atoms with Crippen molar-refractivity contribution in [1.82, 2.24) is 4.98 Å². The highest BCUT2D eigenvalue weighted by molar-refractivity contribution is 5.66. The molecule has 2 N–H and O–H groups in total. The van der Waals surface area contributed by atoms with Crippen LogP contribution in [-0.2, 0) is 0 Å². The lowest BCUT2D eigenvalue weighted by Gasteiger charge is -2.06. The van der Waals surface area contributed by atoms with E-state index in [4.69, 9.17) is 5.73 Å². The van der Waals surface area contributed by atoms with Gasteiger partial charge in [0.05, 0.1) is 5.69 Å². The van der Waals surface area contributed by atoms with Crippen LogP contribution >= 0.6 is 0 Å². The third kappa shape index (κ3) is 3.73. The molecule has 0 radical (unpaired) electrons. The van der Waals surface area contributed by atoms with Gasteiger partial charge in [-0.1, -0.05) is 23.8 Å². The Morgan fingerprint density at radius 2 is 2.12 bits per heavy atom. The molecule has 2 nitrogen and oxygen atoms in total. The van der Waals surface area contributed by atoms with Crippen LogP contribution in [0, 0.1) is 0 Å². The van der Waals surface area contributed by atoms with Crippen LogP contribution in [0.5, 0.6) is 0 Å². The molecule has 1 rings (SSSR count). The molecule has 0 aliphatic carbocycles. The summed E-state index contributed by atoms with van der Waals surface area (Å²) >= 11 is 0. The Balaban J connectivity index is 2.83. The summed E-state index contributed by atoms with van der Waals surface area (Å²) in [5.41, 5.74) is 8.86. The van der Waals surface area contributed by atoms with Gasteiger partial charge in [0.2, 0.25) is 0 Å². The van der Waals surface area contributed by atoms with E-state index in [0.29, 0.717) is 0 Å². The summed E-state index contributed by atoms with van der Waals surface area (Å²) in [6, 6.07) is 5.98. The zero-order chi connectivity index (χ0) is 11.8. The van der Waals surface area contributed by atoms with E-state index in [2.05, 4.69) is 24.9 Å². The first-order valence-corrected chi connectivity index (χ1v) is 5.37. The quantitative estimate of drug-likeness (QED) is 0.781. The van der Waals surface area contributed by atoms with Crippen LogP contribution in [0.25, 0.3) is 5.57 Å². The zero-order valence-electron chi connectivity index (χ0n) is 9.85. The summed E-state index contributed by atoms with van der Waals surface area (Å²) in [7, 11) is 0. The van der Waals surface area contributed by atoms with Gasteiger partial charge in [0.25, 0.3) is 0 Å². The molecule has 0 aliphatic rings. The van der Waals surface area contributed by atoms with Crippen LogP contribution in [0.1, 0.15) is 26.0 Å². The van der Waals surface area contributed by atoms with Gasteiger partial charge in [-0.2, -0.15) is 0 Å². The topological polar surface area (TPSA) is 38.9 Å². The molecule has 0 fully saturated rings. The highest BCUT2D eigenvalue weighted by Crippen LogP contribution is 2.20. The first-order valence-electron chi connectivity index (χ1n) is 5.37. The minimum absolute atomic E-state index is 0.879. The van der Waals surface area contributed by atoms with E-state index < -0.39 is 0 Å². The van der Waals surface area contributed by atoms with E-state index in [1.807, 2.05) is 36.5 Å². The maximum Gasteiger partial charge on any atom is 0.0664 e. The number of nitrogens with zero attached hydrogens (tertiary/aromatic N) is 1. The Morgan fingerprint density at radius 1 is 1.31 bits per heavy atom. The van der Waals surface area contributed by atoms with Gasteiger partial charge in [-0.05, 0) is 50.3 Å². The molecule has 0 spiro atoms. The highest BCUT2D eigenvalue weighted by Gasteiger charge is 2.01.